The fourth-order valence-corrected chi connectivity index (χ4v) is 4.25. The Labute approximate surface area is 202 Å². The number of carbonyl (C=O) groups is 1. The Morgan fingerprint density at radius 2 is 2.03 bits per heavy atom. The molecule has 1 aliphatic rings. The maximum atomic E-state index is 14.5. The second kappa shape index (κ2) is 9.96. The average molecular weight is 488 g/mol. The van der Waals surface area contributed by atoms with Gasteiger partial charge in [0.2, 0.25) is 0 Å². The van der Waals surface area contributed by atoms with Gasteiger partial charge in [-0.25, -0.2) is 9.37 Å². The number of amides is 1. The fourth-order valence-electron chi connectivity index (χ4n) is 4.25. The van der Waals surface area contributed by atoms with Crippen LogP contribution in [0.15, 0.2) is 36.8 Å². The third kappa shape index (κ3) is 4.56. The molecule has 4 aromatic rings. The monoisotopic (exact) mass is 487 g/mol. The molecule has 1 aliphatic heterocycles. The summed E-state index contributed by atoms with van der Waals surface area (Å²) in [4.78, 5) is 19.7. The third-order valence-electron chi connectivity index (χ3n) is 5.81. The summed E-state index contributed by atoms with van der Waals surface area (Å²) < 4.78 is 23.0. The number of halogens is 2. The molecule has 1 aromatic carbocycles. The number of nitrogens with one attached hydrogen (secondary N) is 2. The minimum absolute atomic E-state index is 0. The number of aromatic nitrogens is 4. The summed E-state index contributed by atoms with van der Waals surface area (Å²) >= 11 is 0. The summed E-state index contributed by atoms with van der Waals surface area (Å²) in [5.74, 6) is -0.844. The van der Waals surface area contributed by atoms with Crippen LogP contribution in [0.1, 0.15) is 16.1 Å². The summed E-state index contributed by atoms with van der Waals surface area (Å²) in [6, 6.07) is 5.04. The number of imidazole rings is 1. The minimum Gasteiger partial charge on any atom is -0.383 e. The molecular formula is C23H27ClFN7O2. The van der Waals surface area contributed by atoms with E-state index in [1.807, 2.05) is 12.3 Å². The lowest BCUT2D eigenvalue weighted by Gasteiger charge is -2.30. The van der Waals surface area contributed by atoms with Crippen LogP contribution in [0.5, 0.6) is 0 Å². The van der Waals surface area contributed by atoms with Crippen LogP contribution in [0.4, 0.5) is 15.8 Å². The molecule has 180 valence electrons. The molecule has 0 aliphatic carbocycles. The van der Waals surface area contributed by atoms with Crippen molar-refractivity contribution in [1.29, 1.82) is 0 Å². The van der Waals surface area contributed by atoms with Crippen molar-refractivity contribution in [2.24, 2.45) is 0 Å². The van der Waals surface area contributed by atoms with E-state index in [2.05, 4.69) is 25.6 Å². The third-order valence-corrected chi connectivity index (χ3v) is 5.81. The number of pyridine rings is 1. The lowest BCUT2D eigenvalue weighted by Crippen LogP contribution is -2.43. The lowest BCUT2D eigenvalue weighted by molar-refractivity contribution is 0.102. The Kier molecular flexibility index (Phi) is 7.01. The largest absolute Gasteiger partial charge is 0.383 e. The van der Waals surface area contributed by atoms with E-state index in [4.69, 9.17) is 4.74 Å². The van der Waals surface area contributed by atoms with Gasteiger partial charge in [0, 0.05) is 69.0 Å². The summed E-state index contributed by atoms with van der Waals surface area (Å²) in [7, 11) is 1.64. The maximum Gasteiger partial charge on any atom is 0.257 e. The molecular weight excluding hydrogens is 461 g/mol. The molecule has 5 rings (SSSR count). The Balaban J connectivity index is 0.00000274. The second-order valence-electron chi connectivity index (χ2n) is 8.16. The Morgan fingerprint density at radius 3 is 2.79 bits per heavy atom. The van der Waals surface area contributed by atoms with Gasteiger partial charge in [0.1, 0.15) is 5.52 Å². The van der Waals surface area contributed by atoms with Crippen molar-refractivity contribution in [1.82, 2.24) is 24.5 Å². The van der Waals surface area contributed by atoms with Crippen molar-refractivity contribution in [2.45, 2.75) is 13.5 Å². The van der Waals surface area contributed by atoms with Crippen molar-refractivity contribution in [2.75, 3.05) is 50.1 Å². The van der Waals surface area contributed by atoms with Crippen LogP contribution in [0.2, 0.25) is 0 Å². The molecule has 2 N–H and O–H groups in total. The quantitative estimate of drug-likeness (QED) is 0.435. The Morgan fingerprint density at radius 1 is 1.24 bits per heavy atom. The van der Waals surface area contributed by atoms with Crippen LogP contribution in [0.3, 0.4) is 0 Å². The number of aryl methyl sites for hydroxylation is 1. The number of benzene rings is 1. The van der Waals surface area contributed by atoms with Crippen LogP contribution in [0, 0.1) is 12.7 Å². The molecule has 0 unspecified atom stereocenters. The second-order valence-corrected chi connectivity index (χ2v) is 8.16. The SMILES string of the molecule is COCCn1cc2c(N3CCNCC3)ccc(C(=O)Nc3cc(F)c4nc(C)cn4c3)c2n1.Cl. The van der Waals surface area contributed by atoms with Crippen LogP contribution >= 0.6 is 12.4 Å². The smallest absolute Gasteiger partial charge is 0.257 e. The number of carbonyl (C=O) groups excluding carboxylic acids is 1. The van der Waals surface area contributed by atoms with Gasteiger partial charge in [-0.05, 0) is 19.1 Å². The normalized spacial score (nSPS) is 13.9. The van der Waals surface area contributed by atoms with Crippen molar-refractivity contribution < 1.29 is 13.9 Å². The maximum absolute atomic E-state index is 14.5. The summed E-state index contributed by atoms with van der Waals surface area (Å²) in [5, 5.41) is 11.8. The van der Waals surface area contributed by atoms with E-state index in [1.54, 1.807) is 41.6 Å². The van der Waals surface area contributed by atoms with Gasteiger partial charge in [-0.1, -0.05) is 0 Å². The standard InChI is InChI=1S/C23H26FN7O2.ClH/c1-15-12-30-13-16(11-19(24)22(30)26-15)27-23(32)17-3-4-20(29-7-5-25-6-8-29)18-14-31(9-10-33-2)28-21(17)18;/h3-4,11-14,25H,5-10H2,1-2H3,(H,27,32);1H. The summed E-state index contributed by atoms with van der Waals surface area (Å²) in [5.41, 5.74) is 3.37. The number of ether oxygens (including phenoxy) is 1. The number of nitrogens with zero attached hydrogens (tertiary/aromatic N) is 5. The van der Waals surface area contributed by atoms with Gasteiger partial charge in [0.25, 0.3) is 5.91 Å². The average Bonchev–Trinajstić information content (AvgIpc) is 3.40. The highest BCUT2D eigenvalue weighted by atomic mass is 35.5. The van der Waals surface area contributed by atoms with Gasteiger partial charge in [-0.3, -0.25) is 9.48 Å². The number of rotatable bonds is 6. The highest BCUT2D eigenvalue weighted by molar-refractivity contribution is 6.13. The number of hydrogen-bond donors (Lipinski definition) is 2. The Hall–Kier alpha value is -3.21. The van der Waals surface area contributed by atoms with Crippen LogP contribution < -0.4 is 15.5 Å². The molecule has 4 heterocycles. The first-order chi connectivity index (χ1) is 16.0. The van der Waals surface area contributed by atoms with E-state index in [0.29, 0.717) is 35.6 Å². The molecule has 0 atom stereocenters. The zero-order chi connectivity index (χ0) is 22.9. The molecule has 0 spiro atoms. The first-order valence-electron chi connectivity index (χ1n) is 10.9. The number of anilines is 2. The van der Waals surface area contributed by atoms with Crippen molar-refractivity contribution in [3.05, 3.63) is 53.9 Å². The van der Waals surface area contributed by atoms with Gasteiger partial charge in [-0.2, -0.15) is 5.10 Å². The highest BCUT2D eigenvalue weighted by Crippen LogP contribution is 2.30. The number of methoxy groups -OCH3 is 1. The van der Waals surface area contributed by atoms with E-state index in [0.717, 1.165) is 37.3 Å². The van der Waals surface area contributed by atoms with Gasteiger partial charge in [-0.15, -0.1) is 12.4 Å². The topological polar surface area (TPSA) is 88.7 Å². The molecule has 9 nitrogen and oxygen atoms in total. The van der Waals surface area contributed by atoms with Gasteiger partial charge in [0.05, 0.1) is 30.1 Å². The van der Waals surface area contributed by atoms with Crippen LogP contribution in [0.25, 0.3) is 16.6 Å². The Bertz CT molecular complexity index is 1330. The highest BCUT2D eigenvalue weighted by Gasteiger charge is 2.21. The van der Waals surface area contributed by atoms with E-state index < -0.39 is 5.82 Å². The molecule has 1 amide bonds. The first kappa shape index (κ1) is 23.9. The minimum atomic E-state index is -0.496. The zero-order valence-corrected chi connectivity index (χ0v) is 19.9. The summed E-state index contributed by atoms with van der Waals surface area (Å²) in [6.07, 6.45) is 5.33. The van der Waals surface area contributed by atoms with Crippen molar-refractivity contribution in [3.63, 3.8) is 0 Å². The molecule has 34 heavy (non-hydrogen) atoms. The van der Waals surface area contributed by atoms with Gasteiger partial charge in [0.15, 0.2) is 11.5 Å². The van der Waals surface area contributed by atoms with E-state index in [-0.39, 0.29) is 24.0 Å². The zero-order valence-electron chi connectivity index (χ0n) is 19.0. The molecule has 1 fully saturated rings. The molecule has 11 heteroatoms. The van der Waals surface area contributed by atoms with Crippen molar-refractivity contribution >= 4 is 46.2 Å². The molecule has 0 saturated carbocycles. The van der Waals surface area contributed by atoms with E-state index in [1.165, 1.54) is 6.07 Å². The lowest BCUT2D eigenvalue weighted by atomic mass is 10.1. The number of piperazine rings is 1. The molecule has 3 aromatic heterocycles. The summed E-state index contributed by atoms with van der Waals surface area (Å²) in [6.45, 7) is 6.46. The van der Waals surface area contributed by atoms with Crippen molar-refractivity contribution in [3.8, 4) is 0 Å². The van der Waals surface area contributed by atoms with E-state index >= 15 is 0 Å². The predicted molar refractivity (Wildman–Crippen MR) is 132 cm³/mol. The molecule has 1 saturated heterocycles. The van der Waals surface area contributed by atoms with Crippen LogP contribution in [-0.2, 0) is 11.3 Å². The molecule has 0 radical (unpaired) electrons. The van der Waals surface area contributed by atoms with Crippen LogP contribution in [-0.4, -0.2) is 65.0 Å². The van der Waals surface area contributed by atoms with E-state index in [9.17, 15) is 9.18 Å². The molecule has 0 bridgehead atoms. The number of hydrogen-bond acceptors (Lipinski definition) is 6. The predicted octanol–water partition coefficient (Wildman–Crippen LogP) is 2.86. The fraction of sp³-hybridized carbons (Fsp3) is 0.348. The van der Waals surface area contributed by atoms with Gasteiger partial charge < -0.3 is 24.7 Å². The first-order valence-corrected chi connectivity index (χ1v) is 10.9. The number of fused-ring (bicyclic) bond motifs is 2. The van der Waals surface area contributed by atoms with Gasteiger partial charge >= 0.3 is 0 Å².